The molecule has 0 amide bonds. The first kappa shape index (κ1) is 20.1. The monoisotopic (exact) mass is 408 g/mol. The zero-order valence-electron chi connectivity index (χ0n) is 17.5. The van der Waals surface area contributed by atoms with Gasteiger partial charge in [0.1, 0.15) is 17.2 Å². The fraction of sp³-hybridized carbons (Fsp3) is 0.304. The predicted molar refractivity (Wildman–Crippen MR) is 120 cm³/mol. The van der Waals surface area contributed by atoms with Crippen molar-refractivity contribution in [3.8, 4) is 28.5 Å². The molecule has 158 valence electrons. The maximum absolute atomic E-state index is 11.1. The van der Waals surface area contributed by atoms with Crippen LogP contribution >= 0.6 is 0 Å². The fourth-order valence-electron chi connectivity index (χ4n) is 4.11. The Morgan fingerprint density at radius 2 is 1.83 bits per heavy atom. The number of nitrogens with zero attached hydrogens (tertiary/aromatic N) is 1. The Morgan fingerprint density at radius 1 is 1.03 bits per heavy atom. The van der Waals surface area contributed by atoms with Gasteiger partial charge < -0.3 is 35.5 Å². The van der Waals surface area contributed by atoms with Crippen LogP contribution in [0.15, 0.2) is 30.5 Å². The molecule has 6 N–H and O–H groups in total. The van der Waals surface area contributed by atoms with Crippen LogP contribution in [0.5, 0.6) is 17.2 Å². The summed E-state index contributed by atoms with van der Waals surface area (Å²) < 4.78 is 0. The molecule has 0 fully saturated rings. The van der Waals surface area contributed by atoms with Gasteiger partial charge in [-0.05, 0) is 69.9 Å². The topological polar surface area (TPSA) is 108 Å². The Morgan fingerprint density at radius 3 is 2.57 bits per heavy atom. The number of aromatic hydroxyl groups is 3. The molecule has 0 atom stereocenters. The lowest BCUT2D eigenvalue weighted by Gasteiger charge is -2.13. The van der Waals surface area contributed by atoms with Gasteiger partial charge in [0.15, 0.2) is 0 Å². The van der Waals surface area contributed by atoms with E-state index >= 15 is 0 Å². The van der Waals surface area contributed by atoms with Gasteiger partial charge in [0.2, 0.25) is 0 Å². The number of rotatable bonds is 7. The number of nitrogens with one attached hydrogen (secondary N) is 3. The fourth-order valence-corrected chi connectivity index (χ4v) is 4.11. The van der Waals surface area contributed by atoms with Gasteiger partial charge in [-0.2, -0.15) is 0 Å². The largest absolute Gasteiger partial charge is 0.507 e. The van der Waals surface area contributed by atoms with Gasteiger partial charge in [-0.1, -0.05) is 6.07 Å². The van der Waals surface area contributed by atoms with Crippen LogP contribution in [0.4, 0.5) is 0 Å². The summed E-state index contributed by atoms with van der Waals surface area (Å²) in [6.45, 7) is 1.55. The van der Waals surface area contributed by atoms with Crippen molar-refractivity contribution in [2.45, 2.75) is 12.8 Å². The van der Waals surface area contributed by atoms with Gasteiger partial charge >= 0.3 is 0 Å². The molecule has 4 rings (SSSR count). The molecular formula is C23H28N4O3. The van der Waals surface area contributed by atoms with Crippen LogP contribution in [-0.4, -0.2) is 64.4 Å². The van der Waals surface area contributed by atoms with Gasteiger partial charge in [0.05, 0.1) is 11.2 Å². The molecule has 2 aromatic heterocycles. The molecule has 0 aliphatic heterocycles. The highest BCUT2D eigenvalue weighted by Crippen LogP contribution is 2.45. The Hall–Kier alpha value is -3.16. The summed E-state index contributed by atoms with van der Waals surface area (Å²) in [5.41, 5.74) is 4.37. The van der Waals surface area contributed by atoms with E-state index in [9.17, 15) is 15.3 Å². The third-order valence-electron chi connectivity index (χ3n) is 5.62. The number of hydrogen-bond acceptors (Lipinski definition) is 5. The normalized spacial score (nSPS) is 11.9. The summed E-state index contributed by atoms with van der Waals surface area (Å²) >= 11 is 0. The lowest BCUT2D eigenvalue weighted by Crippen LogP contribution is -2.15. The number of likely N-dealkylation sites (N-methyl/N-ethyl adjacent to an activating group) is 2. The molecule has 0 saturated carbocycles. The van der Waals surface area contributed by atoms with Crippen LogP contribution in [0.2, 0.25) is 0 Å². The van der Waals surface area contributed by atoms with Crippen LogP contribution in [0.3, 0.4) is 0 Å². The van der Waals surface area contributed by atoms with Crippen molar-refractivity contribution in [3.05, 3.63) is 41.6 Å². The highest BCUT2D eigenvalue weighted by molar-refractivity contribution is 6.02. The molecule has 2 heterocycles. The maximum Gasteiger partial charge on any atom is 0.149 e. The molecule has 30 heavy (non-hydrogen) atoms. The molecule has 0 radical (unpaired) electrons. The minimum Gasteiger partial charge on any atom is -0.507 e. The van der Waals surface area contributed by atoms with Gasteiger partial charge in [-0.25, -0.2) is 0 Å². The lowest BCUT2D eigenvalue weighted by molar-refractivity contribution is 0.414. The summed E-state index contributed by atoms with van der Waals surface area (Å²) in [7, 11) is 5.87. The van der Waals surface area contributed by atoms with E-state index in [0.29, 0.717) is 28.6 Å². The molecule has 0 saturated heterocycles. The van der Waals surface area contributed by atoms with E-state index in [4.69, 9.17) is 0 Å². The maximum atomic E-state index is 11.1. The average Bonchev–Trinajstić information content (AvgIpc) is 3.30. The Balaban J connectivity index is 1.93. The van der Waals surface area contributed by atoms with Crippen LogP contribution < -0.4 is 5.32 Å². The summed E-state index contributed by atoms with van der Waals surface area (Å²) in [4.78, 5) is 8.54. The molecular weight excluding hydrogens is 380 g/mol. The Kier molecular flexibility index (Phi) is 5.32. The first-order chi connectivity index (χ1) is 14.4. The number of hydrogen-bond donors (Lipinski definition) is 6. The van der Waals surface area contributed by atoms with Crippen LogP contribution in [-0.2, 0) is 12.8 Å². The summed E-state index contributed by atoms with van der Waals surface area (Å²) in [5, 5.41) is 36.9. The van der Waals surface area contributed by atoms with E-state index < -0.39 is 0 Å². The molecule has 7 nitrogen and oxygen atoms in total. The minimum atomic E-state index is 0.0793. The van der Waals surface area contributed by atoms with Crippen LogP contribution in [0.1, 0.15) is 11.1 Å². The van der Waals surface area contributed by atoms with E-state index in [1.54, 1.807) is 18.2 Å². The molecule has 4 aromatic rings. The standard InChI is InChI=1S/C23H28N4O3/c1-24-9-7-13-12-25-22-19(13)18(29)11-15(23(22)30)21-14(8-10-27(2)3)20-16(26-21)5-4-6-17(20)28/h4-6,11-12,24-26,28-30H,7-10H2,1-3H3. The highest BCUT2D eigenvalue weighted by Gasteiger charge is 2.22. The van der Waals surface area contributed by atoms with Crippen molar-refractivity contribution in [1.29, 1.82) is 0 Å². The second kappa shape index (κ2) is 7.93. The summed E-state index contributed by atoms with van der Waals surface area (Å²) in [6.07, 6.45) is 3.24. The zero-order chi connectivity index (χ0) is 21.4. The van der Waals surface area contributed by atoms with Gasteiger partial charge in [-0.3, -0.25) is 0 Å². The van der Waals surface area contributed by atoms with Crippen molar-refractivity contribution in [2.24, 2.45) is 0 Å². The number of phenolic OH excluding ortho intramolecular Hbond substituents is 3. The number of aromatic nitrogens is 2. The average molecular weight is 409 g/mol. The van der Waals surface area contributed by atoms with E-state index in [1.807, 2.05) is 33.4 Å². The molecule has 0 spiro atoms. The molecule has 2 aromatic carbocycles. The van der Waals surface area contributed by atoms with Crippen molar-refractivity contribution in [2.75, 3.05) is 34.2 Å². The van der Waals surface area contributed by atoms with Gasteiger partial charge in [0, 0.05) is 34.6 Å². The molecule has 0 aliphatic carbocycles. The van der Waals surface area contributed by atoms with Crippen molar-refractivity contribution < 1.29 is 15.3 Å². The Labute approximate surface area is 175 Å². The third kappa shape index (κ3) is 3.36. The van der Waals surface area contributed by atoms with Crippen LogP contribution in [0, 0.1) is 0 Å². The van der Waals surface area contributed by atoms with Crippen molar-refractivity contribution >= 4 is 21.8 Å². The summed E-state index contributed by atoms with van der Waals surface area (Å²) in [6, 6.07) is 6.96. The third-order valence-corrected chi connectivity index (χ3v) is 5.62. The number of benzene rings is 2. The predicted octanol–water partition coefficient (Wildman–Crippen LogP) is 3.30. The number of fused-ring (bicyclic) bond motifs is 2. The SMILES string of the molecule is CNCCc1c[nH]c2c(O)c(-c3[nH]c4cccc(O)c4c3CCN(C)C)cc(O)c12. The number of aromatic amines is 2. The molecule has 0 unspecified atom stereocenters. The highest BCUT2D eigenvalue weighted by atomic mass is 16.3. The molecule has 0 aliphatic rings. The van der Waals surface area contributed by atoms with Gasteiger partial charge in [0.25, 0.3) is 0 Å². The van der Waals surface area contributed by atoms with E-state index in [0.717, 1.165) is 41.5 Å². The first-order valence-electron chi connectivity index (χ1n) is 10.1. The van der Waals surface area contributed by atoms with Crippen molar-refractivity contribution in [1.82, 2.24) is 20.2 Å². The summed E-state index contributed by atoms with van der Waals surface area (Å²) in [5.74, 6) is 0.394. The lowest BCUT2D eigenvalue weighted by atomic mass is 9.98. The number of phenols is 3. The van der Waals surface area contributed by atoms with E-state index in [1.165, 1.54) is 0 Å². The van der Waals surface area contributed by atoms with Crippen molar-refractivity contribution in [3.63, 3.8) is 0 Å². The molecule has 0 bridgehead atoms. The Bertz CT molecular complexity index is 1210. The minimum absolute atomic E-state index is 0.0793. The van der Waals surface area contributed by atoms with Crippen LogP contribution in [0.25, 0.3) is 33.1 Å². The van der Waals surface area contributed by atoms with Gasteiger partial charge in [-0.15, -0.1) is 0 Å². The first-order valence-corrected chi connectivity index (χ1v) is 10.1. The second-order valence-electron chi connectivity index (χ2n) is 7.94. The smallest absolute Gasteiger partial charge is 0.149 e. The van der Waals surface area contributed by atoms with E-state index in [2.05, 4.69) is 20.2 Å². The quantitative estimate of drug-likeness (QED) is 0.263. The van der Waals surface area contributed by atoms with E-state index in [-0.39, 0.29) is 17.2 Å². The zero-order valence-corrected chi connectivity index (χ0v) is 17.5. The second-order valence-corrected chi connectivity index (χ2v) is 7.94. The number of H-pyrrole nitrogens is 2. The molecule has 7 heteroatoms.